The van der Waals surface area contributed by atoms with Crippen LogP contribution in [0.4, 0.5) is 0 Å². The third kappa shape index (κ3) is 1.77. The van der Waals surface area contributed by atoms with Crippen LogP contribution in [0.5, 0.6) is 11.5 Å². The lowest BCUT2D eigenvalue weighted by atomic mass is 9.86. The van der Waals surface area contributed by atoms with E-state index in [1.54, 1.807) is 6.07 Å². The molecule has 0 saturated carbocycles. The zero-order valence-electron chi connectivity index (χ0n) is 9.82. The maximum atomic E-state index is 11.6. The fourth-order valence-electron chi connectivity index (χ4n) is 1.91. The Morgan fingerprint density at radius 1 is 1.31 bits per heavy atom. The molecule has 0 saturated heterocycles. The fourth-order valence-corrected chi connectivity index (χ4v) is 1.91. The van der Waals surface area contributed by atoms with Gasteiger partial charge in [-0.2, -0.15) is 0 Å². The van der Waals surface area contributed by atoms with Crippen molar-refractivity contribution in [1.29, 1.82) is 0 Å². The summed E-state index contributed by atoms with van der Waals surface area (Å²) in [5.74, 6) is 1.35. The van der Waals surface area contributed by atoms with Crippen molar-refractivity contribution in [2.45, 2.75) is 26.7 Å². The van der Waals surface area contributed by atoms with Gasteiger partial charge in [0.1, 0.15) is 11.5 Å². The molecule has 0 fully saturated rings. The van der Waals surface area contributed by atoms with Crippen molar-refractivity contribution in [2.75, 3.05) is 6.61 Å². The van der Waals surface area contributed by atoms with E-state index >= 15 is 0 Å². The molecule has 0 aliphatic carbocycles. The second kappa shape index (κ2) is 4.16. The smallest absolute Gasteiger partial charge is 0.314 e. The van der Waals surface area contributed by atoms with E-state index in [0.29, 0.717) is 12.4 Å². The van der Waals surface area contributed by atoms with Crippen LogP contribution in [0, 0.1) is 5.92 Å². The van der Waals surface area contributed by atoms with Crippen LogP contribution in [0.15, 0.2) is 18.2 Å². The number of carbonyl (C=O) groups excluding carboxylic acids is 1. The van der Waals surface area contributed by atoms with Crippen molar-refractivity contribution in [1.82, 2.24) is 0 Å². The summed E-state index contributed by atoms with van der Waals surface area (Å²) in [6.45, 7) is 6.48. The highest BCUT2D eigenvalue weighted by Gasteiger charge is 2.31. The van der Waals surface area contributed by atoms with Crippen LogP contribution < -0.4 is 9.47 Å². The van der Waals surface area contributed by atoms with Crippen molar-refractivity contribution in [3.63, 3.8) is 0 Å². The number of fused-ring (bicyclic) bond motifs is 1. The fraction of sp³-hybridized carbons (Fsp3) is 0.462. The molecule has 3 heteroatoms. The lowest BCUT2D eigenvalue weighted by molar-refractivity contribution is -0.140. The summed E-state index contributed by atoms with van der Waals surface area (Å²) in [5.41, 5.74) is 1.08. The highest BCUT2D eigenvalue weighted by atomic mass is 16.5. The summed E-state index contributed by atoms with van der Waals surface area (Å²) < 4.78 is 10.7. The van der Waals surface area contributed by atoms with Gasteiger partial charge in [0.2, 0.25) is 0 Å². The highest BCUT2D eigenvalue weighted by molar-refractivity contribution is 5.79. The summed E-state index contributed by atoms with van der Waals surface area (Å²) in [6, 6.07) is 5.69. The van der Waals surface area contributed by atoms with Gasteiger partial charge in [-0.15, -0.1) is 0 Å². The summed E-state index contributed by atoms with van der Waals surface area (Å²) in [5, 5.41) is 0. The first-order valence-corrected chi connectivity index (χ1v) is 5.62. The Morgan fingerprint density at radius 3 is 2.75 bits per heavy atom. The lowest BCUT2D eigenvalue weighted by Crippen LogP contribution is -2.28. The molecule has 0 spiro atoms. The van der Waals surface area contributed by atoms with Crippen LogP contribution >= 0.6 is 0 Å². The van der Waals surface area contributed by atoms with Gasteiger partial charge in [-0.05, 0) is 24.5 Å². The van der Waals surface area contributed by atoms with Crippen LogP contribution in [-0.4, -0.2) is 12.6 Å². The Balaban J connectivity index is 2.37. The molecule has 2 atom stereocenters. The Hall–Kier alpha value is -1.51. The Labute approximate surface area is 95.4 Å². The molecule has 1 aliphatic heterocycles. The summed E-state index contributed by atoms with van der Waals surface area (Å²) >= 11 is 0. The van der Waals surface area contributed by atoms with E-state index in [9.17, 15) is 4.79 Å². The minimum Gasteiger partial charge on any atom is -0.494 e. The normalized spacial score (nSPS) is 23.6. The van der Waals surface area contributed by atoms with E-state index in [-0.39, 0.29) is 17.8 Å². The predicted molar refractivity (Wildman–Crippen MR) is 60.8 cm³/mol. The molecule has 1 aromatic carbocycles. The molecule has 16 heavy (non-hydrogen) atoms. The van der Waals surface area contributed by atoms with Gasteiger partial charge in [-0.3, -0.25) is 4.79 Å². The highest BCUT2D eigenvalue weighted by Crippen LogP contribution is 2.39. The van der Waals surface area contributed by atoms with Crippen LogP contribution in [0.2, 0.25) is 0 Å². The third-order valence-corrected chi connectivity index (χ3v) is 3.12. The van der Waals surface area contributed by atoms with Gasteiger partial charge in [-0.25, -0.2) is 0 Å². The quantitative estimate of drug-likeness (QED) is 0.568. The maximum Gasteiger partial charge on any atom is 0.314 e. The van der Waals surface area contributed by atoms with Gasteiger partial charge in [0.15, 0.2) is 0 Å². The molecule has 3 nitrogen and oxygen atoms in total. The van der Waals surface area contributed by atoms with Gasteiger partial charge in [0.05, 0.1) is 12.5 Å². The second-order valence-corrected chi connectivity index (χ2v) is 4.13. The molecule has 0 radical (unpaired) electrons. The average Bonchev–Trinajstić information content (AvgIpc) is 2.26. The van der Waals surface area contributed by atoms with Crippen LogP contribution in [0.25, 0.3) is 0 Å². The van der Waals surface area contributed by atoms with Gasteiger partial charge >= 0.3 is 5.97 Å². The number of carbonyl (C=O) groups is 1. The molecule has 1 aliphatic rings. The Bertz CT molecular complexity index is 412. The zero-order valence-corrected chi connectivity index (χ0v) is 9.82. The van der Waals surface area contributed by atoms with Gasteiger partial charge in [0, 0.05) is 6.07 Å². The lowest BCUT2D eigenvalue weighted by Gasteiger charge is -2.27. The van der Waals surface area contributed by atoms with Crippen LogP contribution in [0.1, 0.15) is 32.3 Å². The first-order chi connectivity index (χ1) is 7.63. The maximum absolute atomic E-state index is 11.6. The summed E-state index contributed by atoms with van der Waals surface area (Å²) in [4.78, 5) is 11.6. The largest absolute Gasteiger partial charge is 0.494 e. The minimum atomic E-state index is -0.159. The SMILES string of the molecule is CCOc1ccc2c(c1)OC(=O)C(C)C2C. The molecule has 0 bridgehead atoms. The Morgan fingerprint density at radius 2 is 2.06 bits per heavy atom. The third-order valence-electron chi connectivity index (χ3n) is 3.12. The van der Waals surface area contributed by atoms with Crippen molar-refractivity contribution in [3.05, 3.63) is 23.8 Å². The monoisotopic (exact) mass is 220 g/mol. The molecular formula is C13H16O3. The van der Waals surface area contributed by atoms with E-state index in [1.807, 2.05) is 32.9 Å². The molecule has 0 amide bonds. The Kier molecular flexibility index (Phi) is 2.86. The molecule has 1 heterocycles. The molecular weight excluding hydrogens is 204 g/mol. The number of rotatable bonds is 2. The number of ether oxygens (including phenoxy) is 2. The van der Waals surface area contributed by atoms with Crippen LogP contribution in [-0.2, 0) is 4.79 Å². The van der Waals surface area contributed by atoms with E-state index in [1.165, 1.54) is 0 Å². The second-order valence-electron chi connectivity index (χ2n) is 4.13. The molecule has 1 aromatic rings. The number of hydrogen-bond donors (Lipinski definition) is 0. The van der Waals surface area contributed by atoms with Gasteiger partial charge < -0.3 is 9.47 Å². The molecule has 2 rings (SSSR count). The molecule has 86 valence electrons. The summed E-state index contributed by atoms with van der Waals surface area (Å²) in [6.07, 6.45) is 0. The first-order valence-electron chi connectivity index (χ1n) is 5.62. The number of esters is 1. The van der Waals surface area contributed by atoms with Crippen molar-refractivity contribution >= 4 is 5.97 Å². The first kappa shape index (κ1) is 11.0. The van der Waals surface area contributed by atoms with E-state index in [4.69, 9.17) is 9.47 Å². The van der Waals surface area contributed by atoms with Crippen molar-refractivity contribution < 1.29 is 14.3 Å². The van der Waals surface area contributed by atoms with Crippen molar-refractivity contribution in [2.24, 2.45) is 5.92 Å². The number of hydrogen-bond acceptors (Lipinski definition) is 3. The minimum absolute atomic E-state index is 0.0783. The van der Waals surface area contributed by atoms with E-state index in [2.05, 4.69) is 0 Å². The van der Waals surface area contributed by atoms with Crippen LogP contribution in [0.3, 0.4) is 0 Å². The molecule has 0 aromatic heterocycles. The standard InChI is InChI=1S/C13H16O3/c1-4-15-10-5-6-11-8(2)9(3)13(14)16-12(11)7-10/h5-9H,4H2,1-3H3. The molecule has 0 N–H and O–H groups in total. The van der Waals surface area contributed by atoms with Gasteiger partial charge in [0.25, 0.3) is 0 Å². The van der Waals surface area contributed by atoms with Crippen molar-refractivity contribution in [3.8, 4) is 11.5 Å². The topological polar surface area (TPSA) is 35.5 Å². The van der Waals surface area contributed by atoms with E-state index in [0.717, 1.165) is 11.3 Å². The molecule has 2 unspecified atom stereocenters. The summed E-state index contributed by atoms with van der Waals surface area (Å²) in [7, 11) is 0. The predicted octanol–water partition coefficient (Wildman–Crippen LogP) is 2.74. The van der Waals surface area contributed by atoms with E-state index < -0.39 is 0 Å². The van der Waals surface area contributed by atoms with Gasteiger partial charge in [-0.1, -0.05) is 19.9 Å². The zero-order chi connectivity index (χ0) is 11.7. The number of benzene rings is 1. The average molecular weight is 220 g/mol.